The van der Waals surface area contributed by atoms with Crippen LogP contribution in [0.3, 0.4) is 0 Å². The van der Waals surface area contributed by atoms with Crippen LogP contribution in [0.15, 0.2) is 48.6 Å². The van der Waals surface area contributed by atoms with Crippen molar-refractivity contribution in [2.24, 2.45) is 0 Å². The molecule has 0 radical (unpaired) electrons. The van der Waals surface area contributed by atoms with Gasteiger partial charge in [-0.1, -0.05) is 47.5 Å². The van der Waals surface area contributed by atoms with Crippen LogP contribution in [0.25, 0.3) is 0 Å². The number of benzene rings is 2. The standard InChI is InChI=1S/C23H25Cl2N3O2/c24-19-4-3-5-21(23(19)25)28-13-11-27(12-14-28)10-1-2-15-30-18-8-6-17-7-9-22(29)26-20(17)16-18/h1-6,8,16H,7,9-15H2,(H,26,29)/b2-1-. The summed E-state index contributed by atoms with van der Waals surface area (Å²) in [7, 11) is 0. The molecule has 158 valence electrons. The molecule has 1 saturated heterocycles. The number of hydrogen-bond donors (Lipinski definition) is 1. The molecule has 0 unspecified atom stereocenters. The summed E-state index contributed by atoms with van der Waals surface area (Å²) >= 11 is 12.5. The fourth-order valence-corrected chi connectivity index (χ4v) is 4.20. The largest absolute Gasteiger partial charge is 0.489 e. The van der Waals surface area contributed by atoms with Gasteiger partial charge in [0.05, 0.1) is 15.7 Å². The normalized spacial score (nSPS) is 17.1. The van der Waals surface area contributed by atoms with E-state index in [4.69, 9.17) is 27.9 Å². The number of carbonyl (C=O) groups is 1. The summed E-state index contributed by atoms with van der Waals surface area (Å²) in [6.45, 7) is 5.18. The maximum absolute atomic E-state index is 11.5. The molecule has 2 aliphatic rings. The summed E-state index contributed by atoms with van der Waals surface area (Å²) in [5.74, 6) is 0.838. The molecule has 0 aromatic heterocycles. The van der Waals surface area contributed by atoms with Crippen molar-refractivity contribution in [3.63, 3.8) is 0 Å². The number of carbonyl (C=O) groups excluding carboxylic acids is 1. The van der Waals surface area contributed by atoms with Crippen molar-refractivity contribution in [1.82, 2.24) is 4.90 Å². The Bertz CT molecular complexity index is 940. The van der Waals surface area contributed by atoms with Gasteiger partial charge in [0, 0.05) is 50.9 Å². The molecule has 1 N–H and O–H groups in total. The van der Waals surface area contributed by atoms with Crippen LogP contribution in [0.5, 0.6) is 5.75 Å². The number of rotatable bonds is 6. The molecule has 2 aliphatic heterocycles. The first-order valence-electron chi connectivity index (χ1n) is 10.2. The van der Waals surface area contributed by atoms with Crippen molar-refractivity contribution in [2.75, 3.05) is 49.5 Å². The zero-order chi connectivity index (χ0) is 20.9. The lowest BCUT2D eigenvalue weighted by molar-refractivity contribution is -0.116. The van der Waals surface area contributed by atoms with Gasteiger partial charge in [0.15, 0.2) is 0 Å². The molecule has 2 heterocycles. The highest BCUT2D eigenvalue weighted by atomic mass is 35.5. The predicted octanol–water partition coefficient (Wildman–Crippen LogP) is 4.64. The average molecular weight is 446 g/mol. The lowest BCUT2D eigenvalue weighted by Crippen LogP contribution is -2.46. The number of piperazine rings is 1. The quantitative estimate of drug-likeness (QED) is 0.657. The average Bonchev–Trinajstić information content (AvgIpc) is 2.76. The van der Waals surface area contributed by atoms with Crippen molar-refractivity contribution in [3.8, 4) is 5.75 Å². The maximum Gasteiger partial charge on any atom is 0.224 e. The molecule has 0 spiro atoms. The van der Waals surface area contributed by atoms with Gasteiger partial charge in [-0.05, 0) is 30.2 Å². The number of hydrogen-bond acceptors (Lipinski definition) is 4. The van der Waals surface area contributed by atoms with E-state index in [1.807, 2.05) is 42.5 Å². The van der Waals surface area contributed by atoms with E-state index in [2.05, 4.69) is 21.2 Å². The first-order chi connectivity index (χ1) is 14.6. The van der Waals surface area contributed by atoms with Crippen molar-refractivity contribution in [2.45, 2.75) is 12.8 Å². The minimum absolute atomic E-state index is 0.0669. The number of anilines is 2. The van der Waals surface area contributed by atoms with E-state index in [9.17, 15) is 4.79 Å². The second-order valence-corrected chi connectivity index (χ2v) is 8.30. The van der Waals surface area contributed by atoms with E-state index in [1.54, 1.807) is 0 Å². The van der Waals surface area contributed by atoms with E-state index < -0.39 is 0 Å². The maximum atomic E-state index is 11.5. The number of halogens is 2. The highest BCUT2D eigenvalue weighted by molar-refractivity contribution is 6.43. The van der Waals surface area contributed by atoms with Gasteiger partial charge < -0.3 is 15.0 Å². The van der Waals surface area contributed by atoms with Crippen molar-refractivity contribution >= 4 is 40.5 Å². The summed E-state index contributed by atoms with van der Waals surface area (Å²) in [6.07, 6.45) is 5.52. The Morgan fingerprint density at radius 2 is 1.87 bits per heavy atom. The minimum Gasteiger partial charge on any atom is -0.489 e. The van der Waals surface area contributed by atoms with Crippen LogP contribution in [-0.4, -0.2) is 50.1 Å². The highest BCUT2D eigenvalue weighted by Crippen LogP contribution is 2.33. The van der Waals surface area contributed by atoms with E-state index in [1.165, 1.54) is 0 Å². The van der Waals surface area contributed by atoms with Crippen molar-refractivity contribution in [3.05, 3.63) is 64.2 Å². The molecule has 0 atom stereocenters. The second kappa shape index (κ2) is 9.73. The van der Waals surface area contributed by atoms with Crippen LogP contribution in [0.4, 0.5) is 11.4 Å². The monoisotopic (exact) mass is 445 g/mol. The Kier molecular flexibility index (Phi) is 6.82. The van der Waals surface area contributed by atoms with E-state index >= 15 is 0 Å². The number of amides is 1. The number of aryl methyl sites for hydroxylation is 1. The Hall–Kier alpha value is -2.21. The smallest absolute Gasteiger partial charge is 0.224 e. The zero-order valence-corrected chi connectivity index (χ0v) is 18.3. The topological polar surface area (TPSA) is 44.8 Å². The third kappa shape index (κ3) is 5.09. The van der Waals surface area contributed by atoms with Gasteiger partial charge in [0.2, 0.25) is 5.91 Å². The Morgan fingerprint density at radius 1 is 1.03 bits per heavy atom. The van der Waals surface area contributed by atoms with Gasteiger partial charge >= 0.3 is 0 Å². The Morgan fingerprint density at radius 3 is 2.70 bits per heavy atom. The molecule has 0 aliphatic carbocycles. The van der Waals surface area contributed by atoms with Crippen LogP contribution in [0, 0.1) is 0 Å². The first kappa shape index (κ1) is 21.0. The third-order valence-corrected chi connectivity index (χ3v) is 6.31. The molecule has 0 bridgehead atoms. The molecule has 30 heavy (non-hydrogen) atoms. The number of nitrogens with one attached hydrogen (secondary N) is 1. The second-order valence-electron chi connectivity index (χ2n) is 7.51. The zero-order valence-electron chi connectivity index (χ0n) is 16.7. The molecule has 7 heteroatoms. The number of fused-ring (bicyclic) bond motifs is 1. The SMILES string of the molecule is O=C1CCc2ccc(OC/C=C\CN3CCN(c4cccc(Cl)c4Cl)CC3)cc2N1. The molecule has 1 fully saturated rings. The number of ether oxygens (including phenoxy) is 1. The molecule has 2 aromatic rings. The van der Waals surface area contributed by atoms with Crippen molar-refractivity contribution in [1.29, 1.82) is 0 Å². The van der Waals surface area contributed by atoms with Gasteiger partial charge in [0.1, 0.15) is 12.4 Å². The summed E-state index contributed by atoms with van der Waals surface area (Å²) in [4.78, 5) is 16.2. The molecular weight excluding hydrogens is 421 g/mol. The van der Waals surface area contributed by atoms with Gasteiger partial charge in [-0.2, -0.15) is 0 Å². The lowest BCUT2D eigenvalue weighted by atomic mass is 10.0. The molecule has 4 rings (SSSR count). The summed E-state index contributed by atoms with van der Waals surface area (Å²) in [5.41, 5.74) is 3.04. The summed E-state index contributed by atoms with van der Waals surface area (Å²) in [5, 5.41) is 4.13. The van der Waals surface area contributed by atoms with Gasteiger partial charge in [-0.25, -0.2) is 0 Å². The minimum atomic E-state index is 0.0669. The van der Waals surface area contributed by atoms with E-state index in [0.29, 0.717) is 23.1 Å². The van der Waals surface area contributed by atoms with Gasteiger partial charge in [-0.15, -0.1) is 0 Å². The van der Waals surface area contributed by atoms with Crippen LogP contribution < -0.4 is 15.0 Å². The third-order valence-electron chi connectivity index (χ3n) is 5.50. The number of nitrogens with zero attached hydrogens (tertiary/aromatic N) is 2. The fourth-order valence-electron chi connectivity index (χ4n) is 3.78. The highest BCUT2D eigenvalue weighted by Gasteiger charge is 2.19. The Balaban J connectivity index is 1.20. The van der Waals surface area contributed by atoms with Crippen LogP contribution >= 0.6 is 23.2 Å². The fraction of sp³-hybridized carbons (Fsp3) is 0.348. The van der Waals surface area contributed by atoms with Crippen LogP contribution in [0.2, 0.25) is 10.0 Å². The predicted molar refractivity (Wildman–Crippen MR) is 123 cm³/mol. The van der Waals surface area contributed by atoms with E-state index in [0.717, 1.165) is 61.8 Å². The van der Waals surface area contributed by atoms with Crippen molar-refractivity contribution < 1.29 is 9.53 Å². The molecular formula is C23H25Cl2N3O2. The molecule has 5 nitrogen and oxygen atoms in total. The Labute approximate surface area is 187 Å². The first-order valence-corrected chi connectivity index (χ1v) is 11.0. The molecule has 1 amide bonds. The molecule has 0 saturated carbocycles. The summed E-state index contributed by atoms with van der Waals surface area (Å²) < 4.78 is 5.80. The molecule has 2 aromatic carbocycles. The van der Waals surface area contributed by atoms with Crippen LogP contribution in [-0.2, 0) is 11.2 Å². The van der Waals surface area contributed by atoms with Gasteiger partial charge in [0.25, 0.3) is 0 Å². The van der Waals surface area contributed by atoms with E-state index in [-0.39, 0.29) is 5.91 Å². The van der Waals surface area contributed by atoms with Crippen LogP contribution in [0.1, 0.15) is 12.0 Å². The van der Waals surface area contributed by atoms with Gasteiger partial charge in [-0.3, -0.25) is 9.69 Å². The lowest BCUT2D eigenvalue weighted by Gasteiger charge is -2.36. The summed E-state index contributed by atoms with van der Waals surface area (Å²) in [6, 6.07) is 11.7.